The smallest absolute Gasteiger partial charge is 0.355 e. The van der Waals surface area contributed by atoms with Crippen LogP contribution in [0.1, 0.15) is 29.9 Å². The number of aromatic amines is 1. The molecule has 2 N–H and O–H groups in total. The summed E-state index contributed by atoms with van der Waals surface area (Å²) in [6.07, 6.45) is 0. The van der Waals surface area contributed by atoms with Gasteiger partial charge in [0.05, 0.1) is 19.8 Å². The number of aromatic nitrogens is 1. The van der Waals surface area contributed by atoms with Gasteiger partial charge in [-0.1, -0.05) is 18.2 Å². The second-order valence-electron chi connectivity index (χ2n) is 5.08. The first kappa shape index (κ1) is 17.3. The van der Waals surface area contributed by atoms with Crippen molar-refractivity contribution in [2.24, 2.45) is 0 Å². The highest BCUT2D eigenvalue weighted by atomic mass is 16.5. The van der Waals surface area contributed by atoms with E-state index in [0.29, 0.717) is 16.5 Å². The number of fused-ring (bicyclic) bond motifs is 1. The molecule has 1 aromatic carbocycles. The van der Waals surface area contributed by atoms with E-state index in [0.717, 1.165) is 0 Å². The summed E-state index contributed by atoms with van der Waals surface area (Å²) in [6, 6.07) is 7.11. The number of carbonyl (C=O) groups excluding carboxylic acids is 3. The highest BCUT2D eigenvalue weighted by Crippen LogP contribution is 2.31. The number of allylic oxidation sites excluding steroid dienone is 1. The first-order chi connectivity index (χ1) is 11.4. The lowest BCUT2D eigenvalue weighted by molar-refractivity contribution is -0.133. The molecule has 24 heavy (non-hydrogen) atoms. The number of nitrogens with one attached hydrogen (secondary N) is 2. The summed E-state index contributed by atoms with van der Waals surface area (Å²) in [5.41, 5.74) is 1.47. The van der Waals surface area contributed by atoms with Crippen molar-refractivity contribution in [2.45, 2.75) is 13.8 Å². The van der Waals surface area contributed by atoms with Crippen molar-refractivity contribution in [1.82, 2.24) is 10.3 Å². The number of esters is 2. The van der Waals surface area contributed by atoms with Crippen LogP contribution in [-0.2, 0) is 19.1 Å². The predicted octanol–water partition coefficient (Wildman–Crippen LogP) is 1.99. The van der Waals surface area contributed by atoms with E-state index in [-0.39, 0.29) is 22.9 Å². The van der Waals surface area contributed by atoms with Gasteiger partial charge in [-0.05, 0) is 13.0 Å². The van der Waals surface area contributed by atoms with Gasteiger partial charge in [-0.15, -0.1) is 0 Å². The summed E-state index contributed by atoms with van der Waals surface area (Å²) in [4.78, 5) is 38.8. The van der Waals surface area contributed by atoms with Crippen LogP contribution in [0.3, 0.4) is 0 Å². The quantitative estimate of drug-likeness (QED) is 0.660. The van der Waals surface area contributed by atoms with Crippen molar-refractivity contribution < 1.29 is 23.9 Å². The Balaban J connectivity index is 2.85. The molecule has 0 spiro atoms. The fourth-order valence-electron chi connectivity index (χ4n) is 2.53. The molecule has 7 heteroatoms. The first-order valence-electron chi connectivity index (χ1n) is 7.16. The van der Waals surface area contributed by atoms with E-state index in [1.54, 1.807) is 31.2 Å². The zero-order valence-corrected chi connectivity index (χ0v) is 13.9. The molecule has 0 fully saturated rings. The normalized spacial score (nSPS) is 11.7. The van der Waals surface area contributed by atoms with Crippen molar-refractivity contribution >= 4 is 34.3 Å². The van der Waals surface area contributed by atoms with E-state index in [9.17, 15) is 14.4 Å². The van der Waals surface area contributed by atoms with Crippen LogP contribution in [0.25, 0.3) is 16.5 Å². The summed E-state index contributed by atoms with van der Waals surface area (Å²) >= 11 is 0. The minimum absolute atomic E-state index is 0.0885. The molecule has 1 heterocycles. The lowest BCUT2D eigenvalue weighted by Gasteiger charge is -2.12. The van der Waals surface area contributed by atoms with Crippen LogP contribution >= 0.6 is 0 Å². The monoisotopic (exact) mass is 330 g/mol. The average molecular weight is 330 g/mol. The molecule has 2 aromatic rings. The van der Waals surface area contributed by atoms with Gasteiger partial charge in [-0.25, -0.2) is 9.59 Å². The third-order valence-electron chi connectivity index (χ3n) is 3.47. The molecule has 0 saturated heterocycles. The number of methoxy groups -OCH3 is 2. The van der Waals surface area contributed by atoms with Gasteiger partial charge in [-0.2, -0.15) is 0 Å². The van der Waals surface area contributed by atoms with Gasteiger partial charge in [-0.3, -0.25) is 4.79 Å². The Bertz CT molecular complexity index is 848. The van der Waals surface area contributed by atoms with Crippen molar-refractivity contribution in [3.63, 3.8) is 0 Å². The van der Waals surface area contributed by atoms with Crippen LogP contribution in [0.15, 0.2) is 30.0 Å². The fourth-order valence-corrected chi connectivity index (χ4v) is 2.53. The minimum Gasteiger partial charge on any atom is -0.465 e. The maximum absolute atomic E-state index is 12.3. The summed E-state index contributed by atoms with van der Waals surface area (Å²) in [5.74, 6) is -1.64. The zero-order valence-electron chi connectivity index (χ0n) is 13.9. The Labute approximate surface area is 138 Å². The Kier molecular flexibility index (Phi) is 5.03. The molecule has 0 radical (unpaired) electrons. The molecule has 0 atom stereocenters. The van der Waals surface area contributed by atoms with Crippen molar-refractivity contribution in [3.05, 3.63) is 41.2 Å². The van der Waals surface area contributed by atoms with E-state index < -0.39 is 11.9 Å². The van der Waals surface area contributed by atoms with Crippen molar-refractivity contribution in [1.29, 1.82) is 0 Å². The molecule has 0 aliphatic carbocycles. The van der Waals surface area contributed by atoms with Gasteiger partial charge in [0, 0.05) is 29.1 Å². The number of rotatable bonds is 4. The number of ether oxygens (including phenoxy) is 2. The molecule has 0 aliphatic rings. The number of carbonyl (C=O) groups is 3. The molecule has 0 unspecified atom stereocenters. The van der Waals surface area contributed by atoms with Crippen LogP contribution in [0.4, 0.5) is 0 Å². The maximum Gasteiger partial charge on any atom is 0.355 e. The molecular formula is C17H18N2O5. The molecule has 1 aromatic heterocycles. The molecule has 126 valence electrons. The minimum atomic E-state index is -0.670. The highest BCUT2D eigenvalue weighted by Gasteiger charge is 2.27. The highest BCUT2D eigenvalue weighted by molar-refractivity contribution is 6.24. The second kappa shape index (κ2) is 6.99. The number of hydrogen-bond donors (Lipinski definition) is 2. The number of hydrogen-bond acceptors (Lipinski definition) is 5. The van der Waals surface area contributed by atoms with E-state index >= 15 is 0 Å². The summed E-state index contributed by atoms with van der Waals surface area (Å²) in [6.45, 7) is 2.89. The third-order valence-corrected chi connectivity index (χ3v) is 3.47. The van der Waals surface area contributed by atoms with E-state index in [1.807, 2.05) is 0 Å². The molecule has 7 nitrogen and oxygen atoms in total. The average Bonchev–Trinajstić information content (AvgIpc) is 2.93. The van der Waals surface area contributed by atoms with Gasteiger partial charge in [0.1, 0.15) is 5.69 Å². The Morgan fingerprint density at radius 3 is 2.29 bits per heavy atom. The van der Waals surface area contributed by atoms with Crippen LogP contribution in [0.5, 0.6) is 0 Å². The summed E-state index contributed by atoms with van der Waals surface area (Å²) in [5, 5.41) is 3.21. The Morgan fingerprint density at radius 1 is 1.04 bits per heavy atom. The zero-order chi connectivity index (χ0) is 17.9. The van der Waals surface area contributed by atoms with Gasteiger partial charge in [0.15, 0.2) is 0 Å². The van der Waals surface area contributed by atoms with Gasteiger partial charge in [0.25, 0.3) is 0 Å². The predicted molar refractivity (Wildman–Crippen MR) is 88.1 cm³/mol. The molecule has 0 aliphatic heterocycles. The molecular weight excluding hydrogens is 312 g/mol. The standard InChI is InChI=1S/C17H18N2O5/c1-9(18-10(2)20)13(16(21)23-3)14-11-7-5-6-8-12(11)19-15(14)17(22)24-4/h5-8,19H,1-4H3,(H,18,20)/b13-9-. The lowest BCUT2D eigenvalue weighted by atomic mass is 10.00. The van der Waals surface area contributed by atoms with Gasteiger partial charge < -0.3 is 19.8 Å². The van der Waals surface area contributed by atoms with Crippen LogP contribution in [-0.4, -0.2) is 37.0 Å². The Hall–Kier alpha value is -3.09. The lowest BCUT2D eigenvalue weighted by Crippen LogP contribution is -2.22. The topological polar surface area (TPSA) is 97.5 Å². The number of benzene rings is 1. The van der Waals surface area contributed by atoms with Crippen LogP contribution in [0, 0.1) is 0 Å². The van der Waals surface area contributed by atoms with Crippen LogP contribution < -0.4 is 5.32 Å². The fraction of sp³-hybridized carbons (Fsp3) is 0.235. The largest absolute Gasteiger partial charge is 0.465 e. The first-order valence-corrected chi connectivity index (χ1v) is 7.16. The molecule has 2 rings (SSSR count). The van der Waals surface area contributed by atoms with E-state index in [2.05, 4.69) is 10.3 Å². The summed E-state index contributed by atoms with van der Waals surface area (Å²) < 4.78 is 9.64. The number of H-pyrrole nitrogens is 1. The SMILES string of the molecule is COC(=O)/C(=C(/C)NC(C)=O)c1c(C(=O)OC)[nH]c2ccccc12. The number of amides is 1. The van der Waals surface area contributed by atoms with E-state index in [1.165, 1.54) is 21.1 Å². The maximum atomic E-state index is 12.3. The van der Waals surface area contributed by atoms with Crippen molar-refractivity contribution in [2.75, 3.05) is 14.2 Å². The molecule has 0 saturated carbocycles. The van der Waals surface area contributed by atoms with Gasteiger partial charge in [0.2, 0.25) is 5.91 Å². The molecule has 1 amide bonds. The van der Waals surface area contributed by atoms with Gasteiger partial charge >= 0.3 is 11.9 Å². The second-order valence-corrected chi connectivity index (χ2v) is 5.08. The van der Waals surface area contributed by atoms with Crippen molar-refractivity contribution in [3.8, 4) is 0 Å². The van der Waals surface area contributed by atoms with Crippen LogP contribution in [0.2, 0.25) is 0 Å². The summed E-state index contributed by atoms with van der Waals surface area (Å²) in [7, 11) is 2.48. The van der Waals surface area contributed by atoms with E-state index in [4.69, 9.17) is 9.47 Å². The third kappa shape index (κ3) is 3.15. The number of para-hydroxylation sites is 1. The Morgan fingerprint density at radius 2 is 1.71 bits per heavy atom. The molecule has 0 bridgehead atoms.